The molecule has 0 saturated heterocycles. The van der Waals surface area contributed by atoms with Crippen molar-refractivity contribution in [2.75, 3.05) is 31.4 Å². The number of nitrogens with one attached hydrogen (secondary N) is 2. The van der Waals surface area contributed by atoms with E-state index in [0.717, 1.165) is 11.3 Å². The van der Waals surface area contributed by atoms with Crippen molar-refractivity contribution in [2.24, 2.45) is 0 Å². The van der Waals surface area contributed by atoms with Gasteiger partial charge in [0.15, 0.2) is 0 Å². The van der Waals surface area contributed by atoms with E-state index in [2.05, 4.69) is 10.6 Å². The number of amides is 1. The summed E-state index contributed by atoms with van der Waals surface area (Å²) in [5.41, 5.74) is 2.67. The molecule has 0 unspecified atom stereocenters. The van der Waals surface area contributed by atoms with Crippen LogP contribution in [-0.2, 0) is 4.79 Å². The van der Waals surface area contributed by atoms with Crippen LogP contribution >= 0.6 is 0 Å². The molecule has 0 aliphatic rings. The molecule has 2 aromatic carbocycles. The van der Waals surface area contributed by atoms with Crippen LogP contribution in [0.3, 0.4) is 0 Å². The number of methoxy groups -OCH3 is 2. The molecule has 0 aliphatic carbocycles. The minimum absolute atomic E-state index is 0.140. The lowest BCUT2D eigenvalue weighted by Crippen LogP contribution is -2.22. The Morgan fingerprint density at radius 2 is 1.68 bits per heavy atom. The van der Waals surface area contributed by atoms with E-state index in [-0.39, 0.29) is 12.5 Å². The number of para-hydroxylation sites is 1. The van der Waals surface area contributed by atoms with Gasteiger partial charge in [0.25, 0.3) is 0 Å². The van der Waals surface area contributed by atoms with Crippen LogP contribution in [0, 0.1) is 6.92 Å². The Labute approximate surface area is 130 Å². The van der Waals surface area contributed by atoms with Crippen LogP contribution in [0.15, 0.2) is 42.5 Å². The summed E-state index contributed by atoms with van der Waals surface area (Å²) in [6.45, 7) is 2.18. The Morgan fingerprint density at radius 3 is 2.27 bits per heavy atom. The Hall–Kier alpha value is -2.69. The summed E-state index contributed by atoms with van der Waals surface area (Å²) in [6, 6.07) is 13.1. The highest BCUT2D eigenvalue weighted by atomic mass is 16.5. The highest BCUT2D eigenvalue weighted by molar-refractivity contribution is 5.94. The van der Waals surface area contributed by atoms with Crippen molar-refractivity contribution >= 4 is 17.3 Å². The Morgan fingerprint density at radius 1 is 1.05 bits per heavy atom. The van der Waals surface area contributed by atoms with Gasteiger partial charge in [0.1, 0.15) is 11.5 Å². The van der Waals surface area contributed by atoms with Gasteiger partial charge in [-0.15, -0.1) is 0 Å². The van der Waals surface area contributed by atoms with Crippen LogP contribution in [0.1, 0.15) is 5.56 Å². The van der Waals surface area contributed by atoms with Gasteiger partial charge in [-0.3, -0.25) is 4.79 Å². The molecule has 0 fully saturated rings. The summed E-state index contributed by atoms with van der Waals surface area (Å²) in [6.07, 6.45) is 0. The number of rotatable bonds is 6. The molecule has 0 heterocycles. The standard InChI is InChI=1S/C17H20N2O3/c1-12-6-4-5-7-16(12)18-11-17(20)19-13-8-14(21-2)10-15(9-13)22-3/h4-10,18H,11H2,1-3H3,(H,19,20). The SMILES string of the molecule is COc1cc(NC(=O)CNc2ccccc2C)cc(OC)c1. The molecule has 5 heteroatoms. The Bertz CT molecular complexity index is 634. The van der Waals surface area contributed by atoms with Crippen molar-refractivity contribution in [1.82, 2.24) is 0 Å². The van der Waals surface area contributed by atoms with E-state index in [4.69, 9.17) is 9.47 Å². The number of anilines is 2. The van der Waals surface area contributed by atoms with Crippen molar-refractivity contribution in [1.29, 1.82) is 0 Å². The molecule has 5 nitrogen and oxygen atoms in total. The van der Waals surface area contributed by atoms with Crippen LogP contribution in [0.2, 0.25) is 0 Å². The smallest absolute Gasteiger partial charge is 0.243 e. The van der Waals surface area contributed by atoms with E-state index < -0.39 is 0 Å². The molecule has 1 amide bonds. The first-order valence-electron chi connectivity index (χ1n) is 6.95. The number of carbonyl (C=O) groups is 1. The van der Waals surface area contributed by atoms with Gasteiger partial charge in [-0.1, -0.05) is 18.2 Å². The van der Waals surface area contributed by atoms with E-state index in [9.17, 15) is 4.79 Å². The van der Waals surface area contributed by atoms with E-state index in [1.54, 1.807) is 32.4 Å². The molecule has 0 atom stereocenters. The van der Waals surface area contributed by atoms with Crippen LogP contribution in [0.4, 0.5) is 11.4 Å². The summed E-state index contributed by atoms with van der Waals surface area (Å²) < 4.78 is 10.4. The van der Waals surface area contributed by atoms with E-state index in [1.165, 1.54) is 0 Å². The molecule has 2 aromatic rings. The molecular weight excluding hydrogens is 280 g/mol. The van der Waals surface area contributed by atoms with Crippen LogP contribution in [0.25, 0.3) is 0 Å². The molecule has 0 radical (unpaired) electrons. The predicted octanol–water partition coefficient (Wildman–Crippen LogP) is 3.06. The number of aryl methyl sites for hydroxylation is 1. The fourth-order valence-electron chi connectivity index (χ4n) is 2.03. The zero-order valence-electron chi connectivity index (χ0n) is 13.0. The highest BCUT2D eigenvalue weighted by Crippen LogP contribution is 2.25. The minimum Gasteiger partial charge on any atom is -0.497 e. The third-order valence-corrected chi connectivity index (χ3v) is 3.22. The zero-order valence-corrected chi connectivity index (χ0v) is 13.0. The Balaban J connectivity index is 1.98. The summed E-state index contributed by atoms with van der Waals surface area (Å²) >= 11 is 0. The molecule has 0 aromatic heterocycles. The van der Waals surface area contributed by atoms with E-state index >= 15 is 0 Å². The van der Waals surface area contributed by atoms with Gasteiger partial charge < -0.3 is 20.1 Å². The quantitative estimate of drug-likeness (QED) is 0.861. The molecule has 0 aliphatic heterocycles. The van der Waals surface area contributed by atoms with Gasteiger partial charge in [-0.25, -0.2) is 0 Å². The third-order valence-electron chi connectivity index (χ3n) is 3.22. The summed E-state index contributed by atoms with van der Waals surface area (Å²) in [5, 5.41) is 5.94. The van der Waals surface area contributed by atoms with Gasteiger partial charge in [0.05, 0.1) is 20.8 Å². The predicted molar refractivity (Wildman–Crippen MR) is 87.8 cm³/mol. The first kappa shape index (κ1) is 15.7. The van der Waals surface area contributed by atoms with Crippen molar-refractivity contribution in [3.63, 3.8) is 0 Å². The second-order valence-electron chi connectivity index (χ2n) is 4.82. The van der Waals surface area contributed by atoms with Gasteiger partial charge in [0.2, 0.25) is 5.91 Å². The molecular formula is C17H20N2O3. The van der Waals surface area contributed by atoms with E-state index in [0.29, 0.717) is 17.2 Å². The summed E-state index contributed by atoms with van der Waals surface area (Å²) in [5.74, 6) is 1.11. The number of hydrogen-bond donors (Lipinski definition) is 2. The van der Waals surface area contributed by atoms with Gasteiger partial charge in [-0.05, 0) is 18.6 Å². The van der Waals surface area contributed by atoms with Gasteiger partial charge in [0, 0.05) is 29.6 Å². The van der Waals surface area contributed by atoms with Crippen molar-refractivity contribution in [2.45, 2.75) is 6.92 Å². The lowest BCUT2D eigenvalue weighted by molar-refractivity contribution is -0.114. The number of carbonyl (C=O) groups excluding carboxylic acids is 1. The second-order valence-corrected chi connectivity index (χ2v) is 4.82. The second kappa shape index (κ2) is 7.36. The lowest BCUT2D eigenvalue weighted by Gasteiger charge is -2.11. The molecule has 2 N–H and O–H groups in total. The fourth-order valence-corrected chi connectivity index (χ4v) is 2.03. The molecule has 0 bridgehead atoms. The lowest BCUT2D eigenvalue weighted by atomic mass is 10.2. The normalized spacial score (nSPS) is 9.95. The van der Waals surface area contributed by atoms with Crippen molar-refractivity contribution in [3.05, 3.63) is 48.0 Å². The van der Waals surface area contributed by atoms with E-state index in [1.807, 2.05) is 31.2 Å². The summed E-state index contributed by atoms with van der Waals surface area (Å²) in [4.78, 5) is 12.0. The van der Waals surface area contributed by atoms with Crippen LogP contribution < -0.4 is 20.1 Å². The number of hydrogen-bond acceptors (Lipinski definition) is 4. The van der Waals surface area contributed by atoms with Gasteiger partial charge in [-0.2, -0.15) is 0 Å². The topological polar surface area (TPSA) is 59.6 Å². The molecule has 116 valence electrons. The maximum Gasteiger partial charge on any atom is 0.243 e. The largest absolute Gasteiger partial charge is 0.497 e. The fraction of sp³-hybridized carbons (Fsp3) is 0.235. The number of ether oxygens (including phenoxy) is 2. The summed E-state index contributed by atoms with van der Waals surface area (Å²) in [7, 11) is 3.14. The van der Waals surface area contributed by atoms with Crippen LogP contribution in [-0.4, -0.2) is 26.7 Å². The van der Waals surface area contributed by atoms with Crippen molar-refractivity contribution < 1.29 is 14.3 Å². The maximum atomic E-state index is 12.0. The highest BCUT2D eigenvalue weighted by Gasteiger charge is 2.06. The van der Waals surface area contributed by atoms with Crippen molar-refractivity contribution in [3.8, 4) is 11.5 Å². The first-order valence-corrected chi connectivity index (χ1v) is 6.95. The first-order chi connectivity index (χ1) is 10.6. The third kappa shape index (κ3) is 4.15. The maximum absolute atomic E-state index is 12.0. The average Bonchev–Trinajstić information content (AvgIpc) is 2.53. The average molecular weight is 300 g/mol. The van der Waals surface area contributed by atoms with Crippen LogP contribution in [0.5, 0.6) is 11.5 Å². The minimum atomic E-state index is -0.140. The zero-order chi connectivity index (χ0) is 15.9. The Kier molecular flexibility index (Phi) is 5.25. The van der Waals surface area contributed by atoms with Gasteiger partial charge >= 0.3 is 0 Å². The molecule has 0 spiro atoms. The molecule has 22 heavy (non-hydrogen) atoms. The molecule has 0 saturated carbocycles. The number of benzene rings is 2. The monoisotopic (exact) mass is 300 g/mol. The molecule has 2 rings (SSSR count).